The van der Waals surface area contributed by atoms with Crippen LogP contribution in [0, 0.1) is 6.92 Å². The van der Waals surface area contributed by atoms with E-state index in [1.807, 2.05) is 18.4 Å². The number of aryl methyl sites for hydroxylation is 1. The maximum absolute atomic E-state index is 12.6. The third kappa shape index (κ3) is 4.25. The van der Waals surface area contributed by atoms with Gasteiger partial charge in [-0.15, -0.1) is 11.3 Å². The molecule has 0 bridgehead atoms. The van der Waals surface area contributed by atoms with Gasteiger partial charge in [0.1, 0.15) is 11.4 Å². The number of thiophene rings is 1. The van der Waals surface area contributed by atoms with Crippen molar-refractivity contribution in [1.82, 2.24) is 9.97 Å². The Morgan fingerprint density at radius 3 is 1.88 bits per heavy atom. The van der Waals surface area contributed by atoms with Crippen LogP contribution in [-0.2, 0) is 0 Å². The van der Waals surface area contributed by atoms with Gasteiger partial charge in [-0.25, -0.2) is 0 Å². The summed E-state index contributed by atoms with van der Waals surface area (Å²) >= 11 is 1.59. The van der Waals surface area contributed by atoms with Gasteiger partial charge in [0.15, 0.2) is 11.6 Å². The van der Waals surface area contributed by atoms with E-state index in [1.54, 1.807) is 60.1 Å². The van der Waals surface area contributed by atoms with Crippen LogP contribution in [0.15, 0.2) is 60.2 Å². The lowest BCUT2D eigenvalue weighted by Crippen LogP contribution is -2.14. The standard InChI is InChI=1S/C20H18N2O2S/c1-14-8-11-25-20(14)15(12-18(23)16-6-2-4-9-21-16)13-19(24)17-7-3-5-10-22-17/h2-11,15H,12-13H2,1H3. The Morgan fingerprint density at radius 1 is 0.920 bits per heavy atom. The second kappa shape index (κ2) is 7.94. The Kier molecular flexibility index (Phi) is 5.46. The van der Waals surface area contributed by atoms with Crippen molar-refractivity contribution >= 4 is 22.9 Å². The molecule has 25 heavy (non-hydrogen) atoms. The number of pyridine rings is 2. The summed E-state index contributed by atoms with van der Waals surface area (Å²) < 4.78 is 0. The predicted octanol–water partition coefficient (Wildman–Crippen LogP) is 4.48. The zero-order chi connectivity index (χ0) is 17.6. The Balaban J connectivity index is 1.82. The normalized spacial score (nSPS) is 10.8. The molecule has 0 amide bonds. The van der Waals surface area contributed by atoms with Crippen LogP contribution in [0.1, 0.15) is 50.2 Å². The van der Waals surface area contributed by atoms with Crippen LogP contribution >= 0.6 is 11.3 Å². The number of carbonyl (C=O) groups excluding carboxylic acids is 2. The summed E-state index contributed by atoms with van der Waals surface area (Å²) in [5.41, 5.74) is 1.98. The van der Waals surface area contributed by atoms with E-state index in [2.05, 4.69) is 9.97 Å². The first kappa shape index (κ1) is 17.2. The number of rotatable bonds is 7. The highest BCUT2D eigenvalue weighted by Gasteiger charge is 2.24. The average Bonchev–Trinajstić information content (AvgIpc) is 3.08. The lowest BCUT2D eigenvalue weighted by atomic mass is 9.91. The fourth-order valence-electron chi connectivity index (χ4n) is 2.77. The fraction of sp³-hybridized carbons (Fsp3) is 0.200. The molecule has 0 aliphatic heterocycles. The molecule has 3 heterocycles. The van der Waals surface area contributed by atoms with E-state index < -0.39 is 0 Å². The maximum atomic E-state index is 12.6. The highest BCUT2D eigenvalue weighted by atomic mass is 32.1. The number of Topliss-reactive ketones (excluding diaryl/α,β-unsaturated/α-hetero) is 2. The monoisotopic (exact) mass is 350 g/mol. The van der Waals surface area contributed by atoms with E-state index >= 15 is 0 Å². The topological polar surface area (TPSA) is 59.9 Å². The van der Waals surface area contributed by atoms with Crippen molar-refractivity contribution in [2.24, 2.45) is 0 Å². The highest BCUT2D eigenvalue weighted by Crippen LogP contribution is 2.32. The Morgan fingerprint density at radius 2 is 1.48 bits per heavy atom. The summed E-state index contributed by atoms with van der Waals surface area (Å²) in [6.45, 7) is 2.01. The molecule has 3 aromatic heterocycles. The lowest BCUT2D eigenvalue weighted by Gasteiger charge is -2.15. The number of aromatic nitrogens is 2. The Labute approximate surface area is 150 Å². The molecule has 4 nitrogen and oxygen atoms in total. The second-order valence-electron chi connectivity index (χ2n) is 5.85. The minimum absolute atomic E-state index is 0.0489. The molecule has 3 rings (SSSR count). The molecular formula is C20H18N2O2S. The van der Waals surface area contributed by atoms with Crippen LogP contribution in [-0.4, -0.2) is 21.5 Å². The summed E-state index contributed by atoms with van der Waals surface area (Å²) in [6, 6.07) is 12.6. The molecule has 0 radical (unpaired) electrons. The number of nitrogens with zero attached hydrogens (tertiary/aromatic N) is 2. The molecule has 0 aromatic carbocycles. The predicted molar refractivity (Wildman–Crippen MR) is 98.2 cm³/mol. The number of hydrogen-bond acceptors (Lipinski definition) is 5. The molecule has 5 heteroatoms. The van der Waals surface area contributed by atoms with Gasteiger partial charge in [-0.3, -0.25) is 19.6 Å². The molecule has 3 aromatic rings. The third-order valence-corrected chi connectivity index (χ3v) is 5.22. The summed E-state index contributed by atoms with van der Waals surface area (Å²) in [6.07, 6.45) is 3.74. The molecule has 0 unspecified atom stereocenters. The van der Waals surface area contributed by atoms with Gasteiger partial charge in [-0.2, -0.15) is 0 Å². The summed E-state index contributed by atoms with van der Waals surface area (Å²) in [5.74, 6) is -0.261. The van der Waals surface area contributed by atoms with Gasteiger partial charge in [-0.05, 0) is 48.2 Å². The van der Waals surface area contributed by atoms with Crippen molar-refractivity contribution in [2.45, 2.75) is 25.7 Å². The van der Waals surface area contributed by atoms with Crippen LogP contribution in [0.25, 0.3) is 0 Å². The zero-order valence-electron chi connectivity index (χ0n) is 13.9. The van der Waals surface area contributed by atoms with Crippen molar-refractivity contribution in [1.29, 1.82) is 0 Å². The van der Waals surface area contributed by atoms with Gasteiger partial charge in [0.05, 0.1) is 0 Å². The lowest BCUT2D eigenvalue weighted by molar-refractivity contribution is 0.0940. The van der Waals surface area contributed by atoms with Crippen molar-refractivity contribution in [3.05, 3.63) is 82.1 Å². The SMILES string of the molecule is Cc1ccsc1C(CC(=O)c1ccccn1)CC(=O)c1ccccn1. The van der Waals surface area contributed by atoms with E-state index in [0.717, 1.165) is 10.4 Å². The minimum atomic E-state index is -0.163. The average molecular weight is 350 g/mol. The number of carbonyl (C=O) groups is 2. The molecule has 0 saturated heterocycles. The second-order valence-corrected chi connectivity index (χ2v) is 6.80. The van der Waals surface area contributed by atoms with Crippen molar-refractivity contribution in [3.8, 4) is 0 Å². The van der Waals surface area contributed by atoms with E-state index in [0.29, 0.717) is 11.4 Å². The molecule has 0 saturated carbocycles. The maximum Gasteiger partial charge on any atom is 0.181 e. The van der Waals surface area contributed by atoms with E-state index in [9.17, 15) is 9.59 Å². The first-order valence-electron chi connectivity index (χ1n) is 8.07. The first-order valence-corrected chi connectivity index (χ1v) is 8.95. The molecule has 126 valence electrons. The third-order valence-electron chi connectivity index (χ3n) is 4.04. The number of ketones is 2. The molecule has 0 fully saturated rings. The van der Waals surface area contributed by atoms with Gasteiger partial charge in [-0.1, -0.05) is 12.1 Å². The smallest absolute Gasteiger partial charge is 0.181 e. The van der Waals surface area contributed by atoms with E-state index in [1.165, 1.54) is 0 Å². The van der Waals surface area contributed by atoms with Gasteiger partial charge >= 0.3 is 0 Å². The van der Waals surface area contributed by atoms with Gasteiger partial charge in [0.2, 0.25) is 0 Å². The molecule has 0 aliphatic rings. The molecule has 0 aliphatic carbocycles. The Bertz CT molecular complexity index is 806. The molecular weight excluding hydrogens is 332 g/mol. The fourth-order valence-corrected chi connectivity index (χ4v) is 3.80. The van der Waals surface area contributed by atoms with Crippen LogP contribution in [0.3, 0.4) is 0 Å². The largest absolute Gasteiger partial charge is 0.292 e. The van der Waals surface area contributed by atoms with E-state index in [4.69, 9.17) is 0 Å². The van der Waals surface area contributed by atoms with Crippen LogP contribution < -0.4 is 0 Å². The number of hydrogen-bond donors (Lipinski definition) is 0. The van der Waals surface area contributed by atoms with Crippen molar-refractivity contribution in [2.75, 3.05) is 0 Å². The van der Waals surface area contributed by atoms with Crippen LogP contribution in [0.2, 0.25) is 0 Å². The van der Waals surface area contributed by atoms with Gasteiger partial charge in [0.25, 0.3) is 0 Å². The quantitative estimate of drug-likeness (QED) is 0.590. The van der Waals surface area contributed by atoms with E-state index in [-0.39, 0.29) is 30.3 Å². The highest BCUT2D eigenvalue weighted by molar-refractivity contribution is 7.10. The zero-order valence-corrected chi connectivity index (χ0v) is 14.7. The van der Waals surface area contributed by atoms with Crippen molar-refractivity contribution < 1.29 is 9.59 Å². The van der Waals surface area contributed by atoms with Gasteiger partial charge < -0.3 is 0 Å². The van der Waals surface area contributed by atoms with Crippen LogP contribution in [0.4, 0.5) is 0 Å². The first-order chi connectivity index (χ1) is 12.1. The summed E-state index contributed by atoms with van der Waals surface area (Å²) in [7, 11) is 0. The minimum Gasteiger partial charge on any atom is -0.292 e. The summed E-state index contributed by atoms with van der Waals surface area (Å²) in [5, 5.41) is 1.99. The molecule has 0 spiro atoms. The molecule has 0 atom stereocenters. The summed E-state index contributed by atoms with van der Waals surface area (Å²) in [4.78, 5) is 34.5. The van der Waals surface area contributed by atoms with Crippen molar-refractivity contribution in [3.63, 3.8) is 0 Å². The molecule has 0 N–H and O–H groups in total. The Hall–Kier alpha value is -2.66. The van der Waals surface area contributed by atoms with Crippen LogP contribution in [0.5, 0.6) is 0 Å². The van der Waals surface area contributed by atoms with Gasteiger partial charge in [0, 0.05) is 36.0 Å².